The number of aromatic nitrogens is 2. The molecule has 3 N–H and O–H groups in total. The van der Waals surface area contributed by atoms with Crippen LogP contribution in [0.1, 0.15) is 89.7 Å². The first-order valence-corrected chi connectivity index (χ1v) is 31.2. The lowest BCUT2D eigenvalue weighted by atomic mass is 9.81. The number of halogens is 2. The fraction of sp³-hybridized carbons (Fsp3) is 0.475. The Morgan fingerprint density at radius 2 is 1.57 bits per heavy atom. The van der Waals surface area contributed by atoms with E-state index in [2.05, 4.69) is 64.3 Å². The van der Waals surface area contributed by atoms with E-state index in [1.165, 1.54) is 4.90 Å². The number of hydrogen-bond acceptors (Lipinski definition) is 10. The van der Waals surface area contributed by atoms with Crippen LogP contribution in [-0.2, 0) is 61.3 Å². The number of carbonyl (C=O) groups is 5. The van der Waals surface area contributed by atoms with Gasteiger partial charge in [-0.2, -0.15) is 0 Å². The number of amides is 5. The van der Waals surface area contributed by atoms with Crippen LogP contribution < -0.4 is 20.7 Å². The van der Waals surface area contributed by atoms with Crippen molar-refractivity contribution in [3.63, 3.8) is 0 Å². The molecule has 4 atom stereocenters. The second-order valence-electron chi connectivity index (χ2n) is 24.1. The highest BCUT2D eigenvalue weighted by atomic mass is 35.5. The SMILES string of the molecule is CN(C)Cc1ncc(-c2ccc(Oc3cc(Cl)ccc3CN3C(=O)C[C@@H](Cc4ccccc4)C(=O)N4CCC[C@@](Cc5ccc(Cl)cc5)(C4)NC(=O)[C@H](CO[Si](C)(C)C(C)(C)C)NC(=O)[C@@H]3CCNC(=O)OC(C)(C)C)cc2)n1C. The number of carbonyl (C=O) groups excluding carboxylic acids is 5. The zero-order valence-electron chi connectivity index (χ0n) is 48.3. The summed E-state index contributed by atoms with van der Waals surface area (Å²) in [5.74, 6) is -1.10. The van der Waals surface area contributed by atoms with Crippen molar-refractivity contribution in [3.05, 3.63) is 136 Å². The highest BCUT2D eigenvalue weighted by Gasteiger charge is 2.45. The van der Waals surface area contributed by atoms with Crippen LogP contribution in [-0.4, -0.2) is 126 Å². The van der Waals surface area contributed by atoms with Crippen molar-refractivity contribution >= 4 is 61.2 Å². The standard InChI is InChI=1S/C61H80Cl2N8O8Si/c1-59(2,3)79-58(76)64-30-28-50-56(74)66-49(39-77-80(10,11)60(4,5)6)55(73)67-61(35-42-18-23-46(62)24-19-42)29-15-31-70(40-61)57(75)45(32-41-16-13-12-14-17-41)33-54(72)71(50)37-44-20-25-47(63)34-52(44)78-48-26-21-43(22-27-48)51-36-65-53(69(51)9)38-68(7)8/h12-14,16-27,34,36,45,49-50H,15,28-33,35,37-40H2,1-11H3,(H,64,76)(H,66,74)(H,67,73)/t45-,49+,50+,61-/m1/s1. The van der Waals surface area contributed by atoms with Gasteiger partial charge in [-0.05, 0) is 145 Å². The first-order valence-electron chi connectivity index (χ1n) is 27.5. The van der Waals surface area contributed by atoms with Gasteiger partial charge in [-0.15, -0.1) is 0 Å². The van der Waals surface area contributed by atoms with E-state index in [1.807, 2.05) is 94.1 Å². The van der Waals surface area contributed by atoms with Gasteiger partial charge in [0, 0.05) is 54.3 Å². The zero-order valence-corrected chi connectivity index (χ0v) is 50.8. The number of imidazole rings is 1. The third kappa shape index (κ3) is 16.5. The van der Waals surface area contributed by atoms with Crippen LogP contribution in [0.4, 0.5) is 4.79 Å². The lowest BCUT2D eigenvalue weighted by molar-refractivity contribution is -0.148. The van der Waals surface area contributed by atoms with Crippen LogP contribution in [0, 0.1) is 5.92 Å². The average molecular weight is 1150 g/mol. The molecule has 0 saturated carbocycles. The minimum absolute atomic E-state index is 0.109. The Labute approximate surface area is 483 Å². The third-order valence-corrected chi connectivity index (χ3v) is 20.2. The maximum atomic E-state index is 15.8. The summed E-state index contributed by atoms with van der Waals surface area (Å²) in [6.45, 7) is 16.4. The van der Waals surface area contributed by atoms with E-state index < -0.39 is 61.3 Å². The molecule has 0 spiro atoms. The van der Waals surface area contributed by atoms with Crippen molar-refractivity contribution in [1.29, 1.82) is 0 Å². The van der Waals surface area contributed by atoms with Gasteiger partial charge in [0.25, 0.3) is 0 Å². The molecule has 0 unspecified atom stereocenters. The number of fused-ring (bicyclic) bond motifs is 2. The van der Waals surface area contributed by atoms with E-state index in [4.69, 9.17) is 37.1 Å². The maximum absolute atomic E-state index is 15.8. The zero-order chi connectivity index (χ0) is 58.2. The molecular weight excluding hydrogens is 1070 g/mol. The summed E-state index contributed by atoms with van der Waals surface area (Å²) < 4.78 is 21.0. The van der Waals surface area contributed by atoms with Crippen molar-refractivity contribution < 1.29 is 37.9 Å². The van der Waals surface area contributed by atoms with E-state index >= 15 is 19.2 Å². The monoisotopic (exact) mass is 1150 g/mol. The molecule has 3 heterocycles. The van der Waals surface area contributed by atoms with Crippen molar-refractivity contribution in [1.82, 2.24) is 40.2 Å². The van der Waals surface area contributed by atoms with Gasteiger partial charge in [0.1, 0.15) is 35.0 Å². The number of alkyl carbamates (subject to hydrolysis) is 1. The second-order valence-corrected chi connectivity index (χ2v) is 29.8. The van der Waals surface area contributed by atoms with E-state index in [0.29, 0.717) is 59.5 Å². The molecule has 0 aliphatic carbocycles. The van der Waals surface area contributed by atoms with Crippen molar-refractivity contribution in [3.8, 4) is 22.8 Å². The largest absolute Gasteiger partial charge is 0.457 e. The van der Waals surface area contributed by atoms with E-state index in [0.717, 1.165) is 28.2 Å². The number of hydrogen-bond donors (Lipinski definition) is 3. The van der Waals surface area contributed by atoms with Gasteiger partial charge in [-0.25, -0.2) is 9.78 Å². The number of nitrogens with zero attached hydrogens (tertiary/aromatic N) is 5. The number of ether oxygens (including phenoxy) is 2. The van der Waals surface area contributed by atoms with Gasteiger partial charge >= 0.3 is 6.09 Å². The lowest BCUT2D eigenvalue weighted by Gasteiger charge is -2.45. The molecule has 19 heteroatoms. The lowest BCUT2D eigenvalue weighted by Crippen LogP contribution is -2.66. The highest BCUT2D eigenvalue weighted by molar-refractivity contribution is 6.74. The van der Waals surface area contributed by atoms with Crippen molar-refractivity contribution in [2.24, 2.45) is 13.0 Å². The van der Waals surface area contributed by atoms with Crippen molar-refractivity contribution in [2.75, 3.05) is 40.3 Å². The molecule has 80 heavy (non-hydrogen) atoms. The van der Waals surface area contributed by atoms with Crippen LogP contribution in [0.15, 0.2) is 103 Å². The van der Waals surface area contributed by atoms with Gasteiger partial charge in [-0.1, -0.05) is 92.5 Å². The summed E-state index contributed by atoms with van der Waals surface area (Å²) in [5.41, 5.74) is 2.29. The Hall–Kier alpha value is -6.24. The number of rotatable bonds is 17. The van der Waals surface area contributed by atoms with E-state index in [1.54, 1.807) is 56.0 Å². The predicted molar refractivity (Wildman–Crippen MR) is 316 cm³/mol. The first-order chi connectivity index (χ1) is 37.7. The van der Waals surface area contributed by atoms with Crippen molar-refractivity contribution in [2.45, 2.75) is 135 Å². The number of nitrogens with one attached hydrogen (secondary N) is 3. The smallest absolute Gasteiger partial charge is 0.407 e. The Balaban J connectivity index is 1.33. The Kier molecular flexibility index (Phi) is 20.0. The summed E-state index contributed by atoms with van der Waals surface area (Å²) in [4.78, 5) is 85.3. The third-order valence-electron chi connectivity index (χ3n) is 15.3. The summed E-state index contributed by atoms with van der Waals surface area (Å²) in [6.07, 6.45) is 2.40. The minimum Gasteiger partial charge on any atom is -0.457 e. The maximum Gasteiger partial charge on any atom is 0.407 e. The Morgan fingerprint density at radius 1 is 0.887 bits per heavy atom. The molecule has 4 aromatic carbocycles. The van der Waals surface area contributed by atoms with Crippen LogP contribution in [0.5, 0.6) is 11.5 Å². The second kappa shape index (κ2) is 26.1. The molecule has 7 rings (SSSR count). The van der Waals surface area contributed by atoms with Gasteiger partial charge in [0.05, 0.1) is 43.0 Å². The molecule has 2 saturated heterocycles. The van der Waals surface area contributed by atoms with Crippen LogP contribution in [0.25, 0.3) is 11.3 Å². The fourth-order valence-corrected chi connectivity index (χ4v) is 11.3. The summed E-state index contributed by atoms with van der Waals surface area (Å²) in [6, 6.07) is 27.0. The van der Waals surface area contributed by atoms with Gasteiger partial charge in [-0.3, -0.25) is 19.2 Å². The van der Waals surface area contributed by atoms with Gasteiger partial charge < -0.3 is 49.1 Å². The summed E-state index contributed by atoms with van der Waals surface area (Å²) in [7, 11) is 3.41. The highest BCUT2D eigenvalue weighted by Crippen LogP contribution is 2.38. The van der Waals surface area contributed by atoms with Gasteiger partial charge in [0.15, 0.2) is 8.32 Å². The molecule has 2 fully saturated rings. The van der Waals surface area contributed by atoms with E-state index in [9.17, 15) is 4.79 Å². The molecule has 1 aromatic heterocycles. The molecule has 5 amide bonds. The fourth-order valence-electron chi connectivity index (χ4n) is 9.97. The molecular formula is C61H80Cl2N8O8Si. The summed E-state index contributed by atoms with van der Waals surface area (Å²) >= 11 is 13.1. The van der Waals surface area contributed by atoms with Crippen LogP contribution in [0.2, 0.25) is 28.2 Å². The first kappa shape index (κ1) is 61.4. The average Bonchev–Trinajstić information content (AvgIpc) is 3.81. The van der Waals surface area contributed by atoms with Gasteiger partial charge in [0.2, 0.25) is 23.6 Å². The molecule has 5 aromatic rings. The molecule has 2 aliphatic rings. The molecule has 2 bridgehead atoms. The topological polar surface area (TPSA) is 177 Å². The summed E-state index contributed by atoms with van der Waals surface area (Å²) in [5, 5.41) is 9.93. The quantitative estimate of drug-likeness (QED) is 0.0760. The van der Waals surface area contributed by atoms with Crippen LogP contribution >= 0.6 is 23.2 Å². The molecule has 430 valence electrons. The van der Waals surface area contributed by atoms with Crippen LogP contribution in [0.3, 0.4) is 0 Å². The number of piperidine rings is 1. The normalized spacial score (nSPS) is 19.8. The molecule has 16 nitrogen and oxygen atoms in total. The predicted octanol–water partition coefficient (Wildman–Crippen LogP) is 10.3. The molecule has 2 aliphatic heterocycles. The number of benzene rings is 4. The minimum atomic E-state index is -2.55. The Morgan fingerprint density at radius 3 is 2.24 bits per heavy atom. The van der Waals surface area contributed by atoms with E-state index in [-0.39, 0.29) is 56.4 Å². The Bertz CT molecular complexity index is 2960. The molecule has 0 radical (unpaired) electrons.